The zero-order chi connectivity index (χ0) is 15.5. The lowest BCUT2D eigenvalue weighted by molar-refractivity contribution is 0.566. The lowest BCUT2D eigenvalue weighted by atomic mass is 10.0. The Bertz CT molecular complexity index is 709. The quantitative estimate of drug-likeness (QED) is 0.892. The molecule has 0 amide bonds. The maximum atomic E-state index is 12.4. The summed E-state index contributed by atoms with van der Waals surface area (Å²) in [6.07, 6.45) is 0. The molecule has 21 heavy (non-hydrogen) atoms. The zero-order valence-corrected chi connectivity index (χ0v) is 13.2. The molecule has 4 nitrogen and oxygen atoms in total. The molecule has 0 aromatic heterocycles. The van der Waals surface area contributed by atoms with Crippen molar-refractivity contribution >= 4 is 15.7 Å². The predicted molar refractivity (Wildman–Crippen MR) is 85.9 cm³/mol. The first-order valence-corrected chi connectivity index (χ1v) is 8.28. The van der Waals surface area contributed by atoms with E-state index in [1.165, 1.54) is 0 Å². The average molecular weight is 304 g/mol. The Morgan fingerprint density at radius 1 is 1.00 bits per heavy atom. The molecule has 0 saturated carbocycles. The Hall–Kier alpha value is -1.85. The molecule has 0 saturated heterocycles. The molecule has 0 aliphatic heterocycles. The van der Waals surface area contributed by atoms with Crippen molar-refractivity contribution in [2.45, 2.75) is 24.8 Å². The Balaban J connectivity index is 2.22. The van der Waals surface area contributed by atoms with E-state index in [0.717, 1.165) is 16.8 Å². The molecule has 0 aliphatic rings. The van der Waals surface area contributed by atoms with Crippen LogP contribution < -0.4 is 10.0 Å². The van der Waals surface area contributed by atoms with E-state index < -0.39 is 10.0 Å². The van der Waals surface area contributed by atoms with E-state index >= 15 is 0 Å². The van der Waals surface area contributed by atoms with E-state index in [1.807, 2.05) is 38.1 Å². The van der Waals surface area contributed by atoms with E-state index in [4.69, 9.17) is 0 Å². The third kappa shape index (κ3) is 3.62. The van der Waals surface area contributed by atoms with Gasteiger partial charge in [0, 0.05) is 18.8 Å². The first-order chi connectivity index (χ1) is 9.94. The summed E-state index contributed by atoms with van der Waals surface area (Å²) in [6, 6.07) is 14.2. The molecule has 2 rings (SSSR count). The lowest BCUT2D eigenvalue weighted by Gasteiger charge is -2.17. The van der Waals surface area contributed by atoms with Crippen LogP contribution in [0.2, 0.25) is 0 Å². The Morgan fingerprint density at radius 2 is 1.62 bits per heavy atom. The van der Waals surface area contributed by atoms with Crippen molar-refractivity contribution in [3.63, 3.8) is 0 Å². The number of rotatable bonds is 5. The number of hydrogen-bond acceptors (Lipinski definition) is 3. The van der Waals surface area contributed by atoms with Crippen molar-refractivity contribution in [3.05, 3.63) is 59.7 Å². The van der Waals surface area contributed by atoms with Crippen LogP contribution in [0.4, 0.5) is 5.69 Å². The molecule has 2 aromatic rings. The van der Waals surface area contributed by atoms with Crippen molar-refractivity contribution in [3.8, 4) is 0 Å². The maximum Gasteiger partial charge on any atom is 0.241 e. The third-order valence-corrected chi connectivity index (χ3v) is 5.00. The van der Waals surface area contributed by atoms with Gasteiger partial charge in [-0.05, 0) is 49.2 Å². The minimum absolute atomic E-state index is 0.266. The minimum Gasteiger partial charge on any atom is -0.388 e. The van der Waals surface area contributed by atoms with Crippen LogP contribution in [0.25, 0.3) is 0 Å². The smallest absolute Gasteiger partial charge is 0.241 e. The van der Waals surface area contributed by atoms with Gasteiger partial charge in [0.1, 0.15) is 0 Å². The highest BCUT2D eigenvalue weighted by molar-refractivity contribution is 7.89. The van der Waals surface area contributed by atoms with Crippen LogP contribution >= 0.6 is 0 Å². The second kappa shape index (κ2) is 6.28. The average Bonchev–Trinajstić information content (AvgIpc) is 2.47. The van der Waals surface area contributed by atoms with Gasteiger partial charge in [-0.3, -0.25) is 0 Å². The van der Waals surface area contributed by atoms with Gasteiger partial charge in [0.2, 0.25) is 10.0 Å². The lowest BCUT2D eigenvalue weighted by Crippen LogP contribution is -2.27. The van der Waals surface area contributed by atoms with Gasteiger partial charge in [0.25, 0.3) is 0 Å². The highest BCUT2D eigenvalue weighted by Crippen LogP contribution is 2.20. The molecular weight excluding hydrogens is 284 g/mol. The van der Waals surface area contributed by atoms with Crippen LogP contribution in [-0.4, -0.2) is 15.5 Å². The van der Waals surface area contributed by atoms with Gasteiger partial charge in [-0.2, -0.15) is 0 Å². The molecule has 0 radical (unpaired) electrons. The molecule has 112 valence electrons. The number of sulfonamides is 1. The topological polar surface area (TPSA) is 58.2 Å². The molecular formula is C16H20N2O2S. The first kappa shape index (κ1) is 15.5. The van der Waals surface area contributed by atoms with Crippen LogP contribution in [0.15, 0.2) is 53.4 Å². The van der Waals surface area contributed by atoms with E-state index in [-0.39, 0.29) is 10.9 Å². The van der Waals surface area contributed by atoms with Gasteiger partial charge < -0.3 is 5.32 Å². The van der Waals surface area contributed by atoms with E-state index in [9.17, 15) is 8.42 Å². The van der Waals surface area contributed by atoms with E-state index in [2.05, 4.69) is 10.0 Å². The van der Waals surface area contributed by atoms with Gasteiger partial charge >= 0.3 is 0 Å². The molecule has 5 heteroatoms. The maximum absolute atomic E-state index is 12.4. The van der Waals surface area contributed by atoms with Crippen molar-refractivity contribution in [2.24, 2.45) is 0 Å². The normalized spacial score (nSPS) is 12.9. The molecule has 0 spiro atoms. The zero-order valence-electron chi connectivity index (χ0n) is 12.4. The SMILES string of the molecule is CNc1ccc(S(=O)(=O)NC(C)c2ccccc2C)cc1. The monoisotopic (exact) mass is 304 g/mol. The number of benzene rings is 2. The van der Waals surface area contributed by atoms with Gasteiger partial charge in [-0.1, -0.05) is 24.3 Å². The highest BCUT2D eigenvalue weighted by Gasteiger charge is 2.19. The van der Waals surface area contributed by atoms with Gasteiger partial charge in [0.15, 0.2) is 0 Å². The summed E-state index contributed by atoms with van der Waals surface area (Å²) in [5.41, 5.74) is 2.92. The van der Waals surface area contributed by atoms with Crippen LogP contribution in [0.1, 0.15) is 24.1 Å². The van der Waals surface area contributed by atoms with Crippen molar-refractivity contribution in [2.75, 3.05) is 12.4 Å². The van der Waals surface area contributed by atoms with Gasteiger partial charge in [-0.15, -0.1) is 0 Å². The summed E-state index contributed by atoms with van der Waals surface area (Å²) >= 11 is 0. The largest absolute Gasteiger partial charge is 0.388 e. The summed E-state index contributed by atoms with van der Waals surface area (Å²) in [5.74, 6) is 0. The molecule has 2 N–H and O–H groups in total. The Morgan fingerprint density at radius 3 is 2.19 bits per heavy atom. The molecule has 0 bridgehead atoms. The van der Waals surface area contributed by atoms with Crippen molar-refractivity contribution < 1.29 is 8.42 Å². The summed E-state index contributed by atoms with van der Waals surface area (Å²) < 4.78 is 27.5. The highest BCUT2D eigenvalue weighted by atomic mass is 32.2. The molecule has 0 aliphatic carbocycles. The summed E-state index contributed by atoms with van der Waals surface area (Å²) in [5, 5.41) is 2.96. The second-order valence-electron chi connectivity index (χ2n) is 4.97. The van der Waals surface area contributed by atoms with E-state index in [1.54, 1.807) is 31.3 Å². The predicted octanol–water partition coefficient (Wildman–Crippen LogP) is 3.08. The fourth-order valence-electron chi connectivity index (χ4n) is 2.24. The molecule has 1 unspecified atom stereocenters. The van der Waals surface area contributed by atoms with Gasteiger partial charge in [0.05, 0.1) is 4.90 Å². The minimum atomic E-state index is -3.53. The number of anilines is 1. The van der Waals surface area contributed by atoms with Crippen molar-refractivity contribution in [1.82, 2.24) is 4.72 Å². The fraction of sp³-hybridized carbons (Fsp3) is 0.250. The van der Waals surface area contributed by atoms with E-state index in [0.29, 0.717) is 0 Å². The first-order valence-electron chi connectivity index (χ1n) is 6.79. The van der Waals surface area contributed by atoms with Crippen LogP contribution in [-0.2, 0) is 10.0 Å². The molecule has 0 fully saturated rings. The summed E-state index contributed by atoms with van der Waals surface area (Å²) in [6.45, 7) is 3.82. The molecule has 0 heterocycles. The molecule has 2 aromatic carbocycles. The standard InChI is InChI=1S/C16H20N2O2S/c1-12-6-4-5-7-16(12)13(2)18-21(19,20)15-10-8-14(17-3)9-11-15/h4-11,13,17-18H,1-3H3. The molecule has 1 atom stereocenters. The number of aryl methyl sites for hydroxylation is 1. The van der Waals surface area contributed by atoms with Crippen LogP contribution in [0.3, 0.4) is 0 Å². The number of hydrogen-bond donors (Lipinski definition) is 2. The van der Waals surface area contributed by atoms with Crippen LogP contribution in [0.5, 0.6) is 0 Å². The fourth-order valence-corrected chi connectivity index (χ4v) is 3.46. The van der Waals surface area contributed by atoms with Crippen molar-refractivity contribution in [1.29, 1.82) is 0 Å². The Kier molecular flexibility index (Phi) is 4.65. The summed E-state index contributed by atoms with van der Waals surface area (Å²) in [7, 11) is -1.73. The van der Waals surface area contributed by atoms with Gasteiger partial charge in [-0.25, -0.2) is 13.1 Å². The summed E-state index contributed by atoms with van der Waals surface area (Å²) in [4.78, 5) is 0.266. The number of nitrogens with one attached hydrogen (secondary N) is 2. The third-order valence-electron chi connectivity index (χ3n) is 3.44. The Labute approximate surface area is 126 Å². The van der Waals surface area contributed by atoms with Crippen LogP contribution in [0, 0.1) is 6.92 Å². The second-order valence-corrected chi connectivity index (χ2v) is 6.69.